The molecule has 0 atom stereocenters. The van der Waals surface area contributed by atoms with E-state index in [1.165, 1.54) is 0 Å². The predicted octanol–water partition coefficient (Wildman–Crippen LogP) is 2.18. The summed E-state index contributed by atoms with van der Waals surface area (Å²) in [6.45, 7) is 7.39. The Balaban J connectivity index is 3.19. The van der Waals surface area contributed by atoms with Crippen molar-refractivity contribution < 1.29 is 18.9 Å². The van der Waals surface area contributed by atoms with E-state index in [9.17, 15) is 0 Å². The standard InChI is InChI=1S/C13H21NO4/c1-4-15-10-7-8-11(18-9-14)13(17-6-3)12(10)16-5-2/h7-8H,4-6,9,14H2,1-3H3. The SMILES string of the molecule is CCOc1ccc(OCN)c(OCC)c1OCC. The molecule has 0 bridgehead atoms. The molecule has 0 fully saturated rings. The first-order valence-corrected chi connectivity index (χ1v) is 6.16. The zero-order valence-corrected chi connectivity index (χ0v) is 11.2. The number of nitrogens with two attached hydrogens (primary N) is 1. The lowest BCUT2D eigenvalue weighted by Gasteiger charge is -2.18. The topological polar surface area (TPSA) is 62.9 Å². The Morgan fingerprint density at radius 2 is 1.22 bits per heavy atom. The van der Waals surface area contributed by atoms with Crippen LogP contribution in [0.3, 0.4) is 0 Å². The van der Waals surface area contributed by atoms with Crippen LogP contribution in [-0.4, -0.2) is 26.6 Å². The van der Waals surface area contributed by atoms with Crippen molar-refractivity contribution in [3.05, 3.63) is 12.1 Å². The molecule has 1 aromatic carbocycles. The van der Waals surface area contributed by atoms with Crippen molar-refractivity contribution in [1.82, 2.24) is 0 Å². The van der Waals surface area contributed by atoms with Crippen molar-refractivity contribution >= 4 is 0 Å². The first-order valence-electron chi connectivity index (χ1n) is 6.16. The second kappa shape index (κ2) is 7.66. The fourth-order valence-corrected chi connectivity index (χ4v) is 1.56. The van der Waals surface area contributed by atoms with Crippen molar-refractivity contribution in [3.8, 4) is 23.0 Å². The maximum atomic E-state index is 5.59. The lowest BCUT2D eigenvalue weighted by atomic mass is 10.2. The van der Waals surface area contributed by atoms with Crippen LogP contribution in [0.2, 0.25) is 0 Å². The smallest absolute Gasteiger partial charge is 0.207 e. The van der Waals surface area contributed by atoms with Gasteiger partial charge in [0.2, 0.25) is 11.5 Å². The highest BCUT2D eigenvalue weighted by molar-refractivity contribution is 5.59. The number of hydrogen-bond donors (Lipinski definition) is 1. The number of hydrogen-bond acceptors (Lipinski definition) is 5. The van der Waals surface area contributed by atoms with E-state index in [1.807, 2.05) is 20.8 Å². The molecule has 0 radical (unpaired) electrons. The summed E-state index contributed by atoms with van der Waals surface area (Å²) in [5, 5.41) is 0. The highest BCUT2D eigenvalue weighted by atomic mass is 16.6. The van der Waals surface area contributed by atoms with Crippen LogP contribution in [0.4, 0.5) is 0 Å². The van der Waals surface area contributed by atoms with E-state index >= 15 is 0 Å². The summed E-state index contributed by atoms with van der Waals surface area (Å²) in [7, 11) is 0. The molecule has 2 N–H and O–H groups in total. The molecule has 5 heteroatoms. The number of benzene rings is 1. The third-order valence-corrected chi connectivity index (χ3v) is 2.16. The zero-order valence-electron chi connectivity index (χ0n) is 11.2. The maximum absolute atomic E-state index is 5.59. The molecule has 0 aliphatic rings. The van der Waals surface area contributed by atoms with Gasteiger partial charge in [0.05, 0.1) is 19.8 Å². The van der Waals surface area contributed by atoms with Gasteiger partial charge in [0.15, 0.2) is 11.5 Å². The molecule has 0 saturated heterocycles. The highest BCUT2D eigenvalue weighted by Crippen LogP contribution is 2.44. The summed E-state index contributed by atoms with van der Waals surface area (Å²) in [4.78, 5) is 0. The lowest BCUT2D eigenvalue weighted by molar-refractivity contribution is 0.242. The molecule has 1 rings (SSSR count). The van der Waals surface area contributed by atoms with Gasteiger partial charge in [0, 0.05) is 0 Å². The molecule has 0 aromatic heterocycles. The summed E-state index contributed by atoms with van der Waals surface area (Å²) >= 11 is 0. The number of ether oxygens (including phenoxy) is 4. The lowest BCUT2D eigenvalue weighted by Crippen LogP contribution is -2.10. The average molecular weight is 255 g/mol. The first kappa shape index (κ1) is 14.4. The Bertz CT molecular complexity index is 333. The Morgan fingerprint density at radius 1 is 0.778 bits per heavy atom. The van der Waals surface area contributed by atoms with Gasteiger partial charge in [0.25, 0.3) is 0 Å². The molecule has 5 nitrogen and oxygen atoms in total. The molecule has 102 valence electrons. The Morgan fingerprint density at radius 3 is 1.61 bits per heavy atom. The van der Waals surface area contributed by atoms with Crippen LogP contribution in [-0.2, 0) is 0 Å². The van der Waals surface area contributed by atoms with Gasteiger partial charge in [-0.25, -0.2) is 0 Å². The minimum atomic E-state index is 0.0830. The first-order chi connectivity index (χ1) is 8.78. The van der Waals surface area contributed by atoms with Gasteiger partial charge in [-0.2, -0.15) is 0 Å². The van der Waals surface area contributed by atoms with Crippen LogP contribution < -0.4 is 24.7 Å². The minimum absolute atomic E-state index is 0.0830. The number of rotatable bonds is 8. The van der Waals surface area contributed by atoms with Crippen LogP contribution in [0, 0.1) is 0 Å². The van der Waals surface area contributed by atoms with E-state index < -0.39 is 0 Å². The van der Waals surface area contributed by atoms with Crippen molar-refractivity contribution in [2.24, 2.45) is 5.73 Å². The van der Waals surface area contributed by atoms with Crippen molar-refractivity contribution in [3.63, 3.8) is 0 Å². The van der Waals surface area contributed by atoms with E-state index in [0.717, 1.165) is 0 Å². The monoisotopic (exact) mass is 255 g/mol. The maximum Gasteiger partial charge on any atom is 0.207 e. The van der Waals surface area contributed by atoms with E-state index in [0.29, 0.717) is 42.8 Å². The highest BCUT2D eigenvalue weighted by Gasteiger charge is 2.18. The molecule has 0 aliphatic carbocycles. The van der Waals surface area contributed by atoms with Crippen LogP contribution in [0.25, 0.3) is 0 Å². The fourth-order valence-electron chi connectivity index (χ4n) is 1.56. The predicted molar refractivity (Wildman–Crippen MR) is 69.6 cm³/mol. The van der Waals surface area contributed by atoms with E-state index in [4.69, 9.17) is 24.7 Å². The van der Waals surface area contributed by atoms with Gasteiger partial charge in [-0.3, -0.25) is 5.73 Å². The Labute approximate surface area is 108 Å². The Hall–Kier alpha value is -1.62. The van der Waals surface area contributed by atoms with Gasteiger partial charge < -0.3 is 18.9 Å². The molecular weight excluding hydrogens is 234 g/mol. The molecule has 0 heterocycles. The fraction of sp³-hybridized carbons (Fsp3) is 0.538. The van der Waals surface area contributed by atoms with Crippen LogP contribution in [0.15, 0.2) is 12.1 Å². The van der Waals surface area contributed by atoms with Gasteiger partial charge in [-0.1, -0.05) is 0 Å². The summed E-state index contributed by atoms with van der Waals surface area (Å²) in [5.74, 6) is 2.31. The normalized spacial score (nSPS) is 10.0. The van der Waals surface area contributed by atoms with Gasteiger partial charge in [-0.05, 0) is 32.9 Å². The molecule has 0 spiro atoms. The molecule has 0 amide bonds. The van der Waals surface area contributed by atoms with Crippen molar-refractivity contribution in [2.45, 2.75) is 20.8 Å². The second-order valence-electron chi connectivity index (χ2n) is 3.33. The van der Waals surface area contributed by atoms with Gasteiger partial charge >= 0.3 is 0 Å². The quantitative estimate of drug-likeness (QED) is 0.721. The summed E-state index contributed by atoms with van der Waals surface area (Å²) in [5.41, 5.74) is 5.40. The van der Waals surface area contributed by atoms with Crippen LogP contribution >= 0.6 is 0 Å². The van der Waals surface area contributed by atoms with Crippen molar-refractivity contribution in [2.75, 3.05) is 26.6 Å². The zero-order chi connectivity index (χ0) is 13.4. The van der Waals surface area contributed by atoms with Crippen LogP contribution in [0.1, 0.15) is 20.8 Å². The molecule has 18 heavy (non-hydrogen) atoms. The molecule has 0 aliphatic heterocycles. The van der Waals surface area contributed by atoms with Gasteiger partial charge in [-0.15, -0.1) is 0 Å². The molecule has 1 aromatic rings. The van der Waals surface area contributed by atoms with E-state index in [-0.39, 0.29) is 6.73 Å². The van der Waals surface area contributed by atoms with E-state index in [1.54, 1.807) is 12.1 Å². The largest absolute Gasteiger partial charge is 0.490 e. The Kier molecular flexibility index (Phi) is 6.14. The average Bonchev–Trinajstić information content (AvgIpc) is 2.37. The molecular formula is C13H21NO4. The third-order valence-electron chi connectivity index (χ3n) is 2.16. The van der Waals surface area contributed by atoms with Crippen LogP contribution in [0.5, 0.6) is 23.0 Å². The molecule has 0 unspecified atom stereocenters. The minimum Gasteiger partial charge on any atom is -0.490 e. The summed E-state index contributed by atoms with van der Waals surface area (Å²) in [6, 6.07) is 3.56. The second-order valence-corrected chi connectivity index (χ2v) is 3.33. The molecule has 0 saturated carbocycles. The summed E-state index contributed by atoms with van der Waals surface area (Å²) < 4.78 is 22.0. The van der Waals surface area contributed by atoms with Crippen molar-refractivity contribution in [1.29, 1.82) is 0 Å². The van der Waals surface area contributed by atoms with Gasteiger partial charge in [0.1, 0.15) is 6.73 Å². The van der Waals surface area contributed by atoms with E-state index in [2.05, 4.69) is 0 Å². The summed E-state index contributed by atoms with van der Waals surface area (Å²) in [6.07, 6.45) is 0. The third kappa shape index (κ3) is 3.43.